The van der Waals surface area contributed by atoms with Crippen molar-refractivity contribution in [3.05, 3.63) is 0 Å². The lowest BCUT2D eigenvalue weighted by Crippen LogP contribution is -2.56. The van der Waals surface area contributed by atoms with Gasteiger partial charge in [0.25, 0.3) is 0 Å². The summed E-state index contributed by atoms with van der Waals surface area (Å²) in [6.45, 7) is 30.4. The molecule has 0 aromatic heterocycles. The van der Waals surface area contributed by atoms with Gasteiger partial charge >= 0.3 is 0 Å². The molecule has 2 heteroatoms. The van der Waals surface area contributed by atoms with Crippen LogP contribution in [0.15, 0.2) is 0 Å². The fourth-order valence-electron chi connectivity index (χ4n) is 30.5. The fraction of sp³-hybridized carbons (Fsp3) is 1.00. The van der Waals surface area contributed by atoms with E-state index in [-0.39, 0.29) is 12.2 Å². The maximum Gasteiger partial charge on any atom is 0.0607 e. The van der Waals surface area contributed by atoms with Crippen LogP contribution in [0.5, 0.6) is 0 Å². The first-order valence-electron chi connectivity index (χ1n) is 37.5. The van der Waals surface area contributed by atoms with Crippen molar-refractivity contribution in [1.82, 2.24) is 0 Å². The summed E-state index contributed by atoms with van der Waals surface area (Å²) in [6.07, 6.45) is 52.9. The van der Waals surface area contributed by atoms with Gasteiger partial charge in [0.15, 0.2) is 0 Å². The summed E-state index contributed by atoms with van der Waals surface area (Å²) in [7, 11) is 0. The zero-order valence-electron chi connectivity index (χ0n) is 55.1. The average Bonchev–Trinajstić information content (AvgIpc) is 3.57. The van der Waals surface area contributed by atoms with Crippen LogP contribution in [0.1, 0.15) is 314 Å². The highest BCUT2D eigenvalue weighted by molar-refractivity contribution is 5.30. The van der Waals surface area contributed by atoms with E-state index in [0.29, 0.717) is 32.5 Å². The van der Waals surface area contributed by atoms with Crippen LogP contribution in [-0.2, 0) is 0 Å². The van der Waals surface area contributed by atoms with Gasteiger partial charge in [-0.05, 0) is 311 Å². The molecule has 0 aliphatic heterocycles. The monoisotopic (exact) mass is 1100 g/mol. The highest BCUT2D eigenvalue weighted by Gasteiger charge is 2.81. The largest absolute Gasteiger partial charge is 0.393 e. The van der Waals surface area contributed by atoms with Crippen LogP contribution < -0.4 is 0 Å². The van der Waals surface area contributed by atoms with Crippen LogP contribution in [0.4, 0.5) is 0 Å². The maximum atomic E-state index is 11.3. The quantitative estimate of drug-likeness (QED) is 0.204. The van der Waals surface area contributed by atoms with Gasteiger partial charge in [-0.15, -0.1) is 0 Å². The predicted molar refractivity (Wildman–Crippen MR) is 336 cm³/mol. The molecule has 0 radical (unpaired) electrons. The van der Waals surface area contributed by atoms with Crippen molar-refractivity contribution >= 4 is 0 Å². The fourth-order valence-corrected chi connectivity index (χ4v) is 30.5. The third kappa shape index (κ3) is 8.57. The van der Waals surface area contributed by atoms with E-state index < -0.39 is 0 Å². The van der Waals surface area contributed by atoms with E-state index in [9.17, 15) is 10.2 Å². The van der Waals surface area contributed by atoms with Crippen molar-refractivity contribution in [2.75, 3.05) is 0 Å². The lowest BCUT2D eigenvalue weighted by molar-refractivity contribution is -0.152. The zero-order chi connectivity index (χ0) is 56.2. The Morgan fingerprint density at radius 2 is 1.02 bits per heavy atom. The third-order valence-corrected chi connectivity index (χ3v) is 34.1. The average molecular weight is 1100 g/mol. The highest BCUT2D eigenvalue weighted by atomic mass is 16.3. The SMILES string of the molecule is CC(C)CCC[C@@H](C)[C@H]1CCC2C3C[C@@H](O)C45C[C@H]4CC[C@]5(C)C3CC[C@@]21C.CC(C)CCC[C@@H](C)[C@H]1CC[C@H]2C3C(CC[C@]12C)[C@@]1(C)CCC[C@@H](O)[C@]12CC32.CCC[C@@H]1CC[C@]23CCC4C(CC[C@H]5CCCC[C@]45C)C2CC[C@H]13. The smallest absolute Gasteiger partial charge is 0.0607 e. The van der Waals surface area contributed by atoms with Crippen molar-refractivity contribution in [3.63, 3.8) is 0 Å². The molecule has 0 heterocycles. The number of hydrogen-bond acceptors (Lipinski definition) is 2. The normalized spacial score (nSPS) is 55.6. The van der Waals surface area contributed by atoms with Crippen molar-refractivity contribution in [1.29, 1.82) is 0 Å². The minimum Gasteiger partial charge on any atom is -0.393 e. The van der Waals surface area contributed by atoms with E-state index in [4.69, 9.17) is 0 Å². The summed E-state index contributed by atoms with van der Waals surface area (Å²) < 4.78 is 0. The molecular weight excluding hydrogens is 969 g/mol. The highest BCUT2D eigenvalue weighted by Crippen LogP contribution is 2.86. The Bertz CT molecular complexity index is 2180. The predicted octanol–water partition coefficient (Wildman–Crippen LogP) is 21.4. The van der Waals surface area contributed by atoms with Crippen LogP contribution in [0.25, 0.3) is 0 Å². The van der Waals surface area contributed by atoms with Crippen LogP contribution in [0.2, 0.25) is 0 Å². The molecular formula is C78H132O2. The summed E-state index contributed by atoms with van der Waals surface area (Å²) in [5.74, 6) is 19.3. The first-order chi connectivity index (χ1) is 38.2. The molecule has 15 aliphatic carbocycles. The lowest BCUT2D eigenvalue weighted by Gasteiger charge is -2.60. The molecule has 0 amide bonds. The summed E-state index contributed by atoms with van der Waals surface area (Å²) in [5.41, 5.74) is 4.33. The third-order valence-electron chi connectivity index (χ3n) is 34.1. The Morgan fingerprint density at radius 1 is 0.412 bits per heavy atom. The number of hydrogen-bond donors (Lipinski definition) is 2. The topological polar surface area (TPSA) is 40.5 Å². The number of fused-ring (bicyclic) bond motifs is 13. The van der Waals surface area contributed by atoms with Gasteiger partial charge in [0.2, 0.25) is 0 Å². The number of aliphatic hydroxyl groups excluding tert-OH is 2. The van der Waals surface area contributed by atoms with E-state index >= 15 is 0 Å². The van der Waals surface area contributed by atoms with Crippen LogP contribution >= 0.6 is 0 Å². The minimum absolute atomic E-state index is 0.0103. The standard InChI is InChI=1S/2C27H46O.C24H40/c1-17(2)8-6-9-18(3)19-11-12-20-24-21(13-15-25(19,20)4)26(5)14-7-10-23(28)27(26)16-22(24)27;1-17(2)7-6-8-18(3)21-9-10-22-20-15-24(28)27-16-19(27)11-14-26(27,5)23(20)12-13-25(21,22)4;1-3-6-17-12-15-24-16-13-21-19(22(24)11-10-20(17)24)9-8-18-7-4-5-14-23(18,21)2/h2*17-24,28H,6-16H2,1-5H3;17-22H,3-16H2,1-2H3/t18-,19-,20+,21?,22?,23-,24?,25-,26-,27-;18-,19-,20?,21-,22?,23?,24-,25-,26-,27?;17-,18-,19?,20-,21?,22?,23+,24-/m111/s1. The Kier molecular flexibility index (Phi) is 15.7. The van der Waals surface area contributed by atoms with Crippen molar-refractivity contribution in [2.45, 2.75) is 326 Å². The molecule has 15 rings (SSSR count). The molecule has 15 fully saturated rings. The van der Waals surface area contributed by atoms with E-state index in [2.05, 4.69) is 83.1 Å². The van der Waals surface area contributed by atoms with Gasteiger partial charge < -0.3 is 10.2 Å². The first kappa shape index (κ1) is 58.9. The van der Waals surface area contributed by atoms with E-state index in [1.807, 2.05) is 0 Å². The summed E-state index contributed by atoms with van der Waals surface area (Å²) >= 11 is 0. The molecule has 28 atom stereocenters. The van der Waals surface area contributed by atoms with E-state index in [1.165, 1.54) is 154 Å². The zero-order valence-corrected chi connectivity index (χ0v) is 55.1. The molecule has 10 unspecified atom stereocenters. The second-order valence-electron chi connectivity index (χ2n) is 37.0. The number of aliphatic hydroxyl groups is 2. The summed E-state index contributed by atoms with van der Waals surface area (Å²) in [5, 5.41) is 22.4. The van der Waals surface area contributed by atoms with Gasteiger partial charge in [-0.2, -0.15) is 0 Å². The molecule has 80 heavy (non-hydrogen) atoms. The Labute approximate surface area is 495 Å². The van der Waals surface area contributed by atoms with Gasteiger partial charge in [0.05, 0.1) is 12.2 Å². The molecule has 15 saturated carbocycles. The first-order valence-corrected chi connectivity index (χ1v) is 37.5. The second-order valence-corrected chi connectivity index (χ2v) is 37.0. The van der Waals surface area contributed by atoms with Gasteiger partial charge in [0.1, 0.15) is 0 Å². The van der Waals surface area contributed by atoms with Crippen LogP contribution in [-0.4, -0.2) is 22.4 Å². The maximum absolute atomic E-state index is 11.3. The molecule has 0 bridgehead atoms. The molecule has 2 nitrogen and oxygen atoms in total. The molecule has 0 aromatic carbocycles. The minimum atomic E-state index is 0.0103. The van der Waals surface area contributed by atoms with Gasteiger partial charge in [-0.1, -0.05) is 154 Å². The van der Waals surface area contributed by atoms with Gasteiger partial charge in [-0.25, -0.2) is 0 Å². The lowest BCUT2D eigenvalue weighted by atomic mass is 9.44. The van der Waals surface area contributed by atoms with Crippen molar-refractivity contribution in [2.24, 2.45) is 162 Å². The van der Waals surface area contributed by atoms with Gasteiger partial charge in [0, 0.05) is 10.8 Å². The number of rotatable bonds is 12. The second kappa shape index (κ2) is 21.3. The van der Waals surface area contributed by atoms with Crippen molar-refractivity contribution < 1.29 is 10.2 Å². The van der Waals surface area contributed by atoms with E-state index in [0.717, 1.165) is 142 Å². The molecule has 456 valence electrons. The molecule has 15 aliphatic rings. The van der Waals surface area contributed by atoms with E-state index in [1.54, 1.807) is 64.2 Å². The Balaban J connectivity index is 0.000000114. The van der Waals surface area contributed by atoms with Gasteiger partial charge in [-0.3, -0.25) is 0 Å². The summed E-state index contributed by atoms with van der Waals surface area (Å²) in [6, 6.07) is 0. The van der Waals surface area contributed by atoms with Crippen LogP contribution in [0, 0.1) is 162 Å². The molecule has 0 saturated heterocycles. The molecule has 0 aromatic rings. The Hall–Kier alpha value is -0.0800. The molecule has 3 spiro atoms. The Morgan fingerprint density at radius 3 is 1.71 bits per heavy atom. The summed E-state index contributed by atoms with van der Waals surface area (Å²) in [4.78, 5) is 0. The van der Waals surface area contributed by atoms with Crippen LogP contribution in [0.3, 0.4) is 0 Å². The molecule has 2 N–H and O–H groups in total. The van der Waals surface area contributed by atoms with Crippen molar-refractivity contribution in [3.8, 4) is 0 Å².